The molecule has 0 bridgehead atoms. The molecule has 1 N–H and O–H groups in total. The van der Waals surface area contributed by atoms with Crippen LogP contribution in [0, 0.1) is 11.8 Å². The average Bonchev–Trinajstić information content (AvgIpc) is 2.17. The second-order valence-corrected chi connectivity index (χ2v) is 3.64. The van der Waals surface area contributed by atoms with Crippen molar-refractivity contribution in [2.45, 2.75) is 32.8 Å². The van der Waals surface area contributed by atoms with Crippen LogP contribution in [0.2, 0.25) is 0 Å². The number of hydrogen-bond acceptors (Lipinski definition) is 3. The standard InChI is InChI=1S/C12H23NO2/c1-4-7-12(14)11-13(3)8-6-10-15-9-5-2/h12,14H,5-6,8-11H2,1-3H3. The van der Waals surface area contributed by atoms with Gasteiger partial charge in [0, 0.05) is 26.3 Å². The summed E-state index contributed by atoms with van der Waals surface area (Å²) in [6.45, 7) is 7.02. The molecule has 0 rings (SSSR count). The molecular weight excluding hydrogens is 190 g/mol. The number of nitrogens with zero attached hydrogens (tertiary/aromatic N) is 1. The smallest absolute Gasteiger partial charge is 0.127 e. The van der Waals surface area contributed by atoms with Crippen molar-refractivity contribution in [2.24, 2.45) is 0 Å². The molecule has 0 aliphatic rings. The number of aliphatic hydroxyl groups is 1. The Labute approximate surface area is 93.4 Å². The van der Waals surface area contributed by atoms with Gasteiger partial charge in [-0.25, -0.2) is 0 Å². The molecule has 0 aliphatic heterocycles. The molecule has 15 heavy (non-hydrogen) atoms. The lowest BCUT2D eigenvalue weighted by Gasteiger charge is -2.17. The molecule has 0 spiro atoms. The summed E-state index contributed by atoms with van der Waals surface area (Å²) in [6, 6.07) is 0. The summed E-state index contributed by atoms with van der Waals surface area (Å²) in [5.41, 5.74) is 0. The zero-order chi connectivity index (χ0) is 11.5. The van der Waals surface area contributed by atoms with Crippen LogP contribution in [0.5, 0.6) is 0 Å². The van der Waals surface area contributed by atoms with Gasteiger partial charge in [0.1, 0.15) is 6.10 Å². The average molecular weight is 213 g/mol. The fourth-order valence-electron chi connectivity index (χ4n) is 1.28. The van der Waals surface area contributed by atoms with Crippen molar-refractivity contribution < 1.29 is 9.84 Å². The maximum atomic E-state index is 9.41. The van der Waals surface area contributed by atoms with Crippen molar-refractivity contribution in [2.75, 3.05) is 33.4 Å². The van der Waals surface area contributed by atoms with Gasteiger partial charge < -0.3 is 14.7 Å². The Balaban J connectivity index is 3.39. The van der Waals surface area contributed by atoms with Gasteiger partial charge in [-0.05, 0) is 26.8 Å². The molecule has 3 heteroatoms. The largest absolute Gasteiger partial charge is 0.381 e. The van der Waals surface area contributed by atoms with Crippen LogP contribution in [0.15, 0.2) is 0 Å². The third-order valence-corrected chi connectivity index (χ3v) is 1.97. The van der Waals surface area contributed by atoms with E-state index in [1.807, 2.05) is 7.05 Å². The molecule has 0 amide bonds. The first-order valence-corrected chi connectivity index (χ1v) is 5.57. The van der Waals surface area contributed by atoms with E-state index in [-0.39, 0.29) is 0 Å². The molecule has 0 aromatic heterocycles. The van der Waals surface area contributed by atoms with Crippen molar-refractivity contribution in [1.29, 1.82) is 0 Å². The minimum atomic E-state index is -0.531. The van der Waals surface area contributed by atoms with Gasteiger partial charge in [0.15, 0.2) is 0 Å². The van der Waals surface area contributed by atoms with Crippen molar-refractivity contribution in [3.05, 3.63) is 0 Å². The quantitative estimate of drug-likeness (QED) is 0.484. The van der Waals surface area contributed by atoms with Gasteiger partial charge in [0.2, 0.25) is 0 Å². The monoisotopic (exact) mass is 213 g/mol. The van der Waals surface area contributed by atoms with Crippen molar-refractivity contribution in [3.8, 4) is 11.8 Å². The van der Waals surface area contributed by atoms with Gasteiger partial charge in [-0.3, -0.25) is 0 Å². The van der Waals surface area contributed by atoms with E-state index in [1.54, 1.807) is 6.92 Å². The van der Waals surface area contributed by atoms with Crippen molar-refractivity contribution in [3.63, 3.8) is 0 Å². The van der Waals surface area contributed by atoms with E-state index in [4.69, 9.17) is 4.74 Å². The lowest BCUT2D eigenvalue weighted by atomic mass is 10.3. The Morgan fingerprint density at radius 1 is 1.40 bits per heavy atom. The second kappa shape index (κ2) is 9.97. The summed E-state index contributed by atoms with van der Waals surface area (Å²) in [6.07, 6.45) is 1.54. The summed E-state index contributed by atoms with van der Waals surface area (Å²) >= 11 is 0. The predicted molar refractivity (Wildman–Crippen MR) is 62.7 cm³/mol. The summed E-state index contributed by atoms with van der Waals surface area (Å²) in [5, 5.41) is 9.41. The Morgan fingerprint density at radius 3 is 2.73 bits per heavy atom. The minimum absolute atomic E-state index is 0.531. The van der Waals surface area contributed by atoms with E-state index >= 15 is 0 Å². The van der Waals surface area contributed by atoms with Gasteiger partial charge in [-0.2, -0.15) is 0 Å². The summed E-state index contributed by atoms with van der Waals surface area (Å²) in [5.74, 6) is 5.43. The van der Waals surface area contributed by atoms with Crippen LogP contribution in [0.25, 0.3) is 0 Å². The van der Waals surface area contributed by atoms with Crippen LogP contribution in [-0.4, -0.2) is 49.5 Å². The van der Waals surface area contributed by atoms with Crippen LogP contribution in [0.3, 0.4) is 0 Å². The molecule has 0 aromatic carbocycles. The highest BCUT2D eigenvalue weighted by atomic mass is 16.5. The zero-order valence-corrected chi connectivity index (χ0v) is 10.1. The topological polar surface area (TPSA) is 32.7 Å². The molecule has 0 radical (unpaired) electrons. The molecule has 1 atom stereocenters. The third-order valence-electron chi connectivity index (χ3n) is 1.97. The maximum absolute atomic E-state index is 9.41. The summed E-state index contributed by atoms with van der Waals surface area (Å²) in [4.78, 5) is 2.07. The van der Waals surface area contributed by atoms with Gasteiger partial charge in [-0.15, -0.1) is 5.92 Å². The first-order valence-electron chi connectivity index (χ1n) is 5.57. The lowest BCUT2D eigenvalue weighted by Crippen LogP contribution is -2.29. The van der Waals surface area contributed by atoms with Gasteiger partial charge in [-0.1, -0.05) is 12.8 Å². The van der Waals surface area contributed by atoms with Crippen LogP contribution >= 0.6 is 0 Å². The third kappa shape index (κ3) is 9.74. The predicted octanol–water partition coefficient (Wildman–Crippen LogP) is 1.12. The van der Waals surface area contributed by atoms with Crippen molar-refractivity contribution >= 4 is 0 Å². The summed E-state index contributed by atoms with van der Waals surface area (Å²) < 4.78 is 5.37. The van der Waals surface area contributed by atoms with Crippen LogP contribution in [0.1, 0.15) is 26.7 Å². The van der Waals surface area contributed by atoms with Crippen molar-refractivity contribution in [1.82, 2.24) is 4.90 Å². The molecule has 88 valence electrons. The highest BCUT2D eigenvalue weighted by Gasteiger charge is 2.04. The zero-order valence-electron chi connectivity index (χ0n) is 10.1. The first kappa shape index (κ1) is 14.4. The van der Waals surface area contributed by atoms with Gasteiger partial charge in [0.25, 0.3) is 0 Å². The highest BCUT2D eigenvalue weighted by Crippen LogP contribution is 1.92. The van der Waals surface area contributed by atoms with E-state index in [9.17, 15) is 5.11 Å². The first-order chi connectivity index (χ1) is 7.20. The van der Waals surface area contributed by atoms with Gasteiger partial charge in [0.05, 0.1) is 0 Å². The van der Waals surface area contributed by atoms with Crippen LogP contribution in [0.4, 0.5) is 0 Å². The van der Waals surface area contributed by atoms with Gasteiger partial charge >= 0.3 is 0 Å². The van der Waals surface area contributed by atoms with E-state index in [2.05, 4.69) is 23.7 Å². The molecule has 0 aliphatic carbocycles. The van der Waals surface area contributed by atoms with Crippen LogP contribution < -0.4 is 0 Å². The van der Waals surface area contributed by atoms with E-state index in [0.29, 0.717) is 6.54 Å². The molecule has 1 unspecified atom stereocenters. The lowest BCUT2D eigenvalue weighted by molar-refractivity contribution is 0.116. The maximum Gasteiger partial charge on any atom is 0.127 e. The highest BCUT2D eigenvalue weighted by molar-refractivity contribution is 5.02. The Kier molecular flexibility index (Phi) is 9.60. The molecule has 0 fully saturated rings. The normalized spacial score (nSPS) is 12.3. The Hall–Kier alpha value is -0.560. The Morgan fingerprint density at radius 2 is 2.13 bits per heavy atom. The number of likely N-dealkylation sites (N-methyl/N-ethyl adjacent to an activating group) is 1. The summed E-state index contributed by atoms with van der Waals surface area (Å²) in [7, 11) is 1.99. The fraction of sp³-hybridized carbons (Fsp3) is 0.833. The molecule has 0 aromatic rings. The minimum Gasteiger partial charge on any atom is -0.381 e. The number of aliphatic hydroxyl groups excluding tert-OH is 1. The van der Waals surface area contributed by atoms with E-state index < -0.39 is 6.10 Å². The number of hydrogen-bond donors (Lipinski definition) is 1. The fourth-order valence-corrected chi connectivity index (χ4v) is 1.28. The second-order valence-electron chi connectivity index (χ2n) is 3.64. The SMILES string of the molecule is CC#CC(O)CN(C)CCCOCCC. The van der Waals surface area contributed by atoms with E-state index in [0.717, 1.165) is 32.6 Å². The molecule has 0 heterocycles. The van der Waals surface area contributed by atoms with Crippen LogP contribution in [-0.2, 0) is 4.74 Å². The molecule has 3 nitrogen and oxygen atoms in total. The molecular formula is C12H23NO2. The Bertz CT molecular complexity index is 196. The number of ether oxygens (including phenoxy) is 1. The van der Waals surface area contributed by atoms with E-state index in [1.165, 1.54) is 0 Å². The molecule has 0 saturated heterocycles. The molecule has 0 saturated carbocycles. The number of rotatable bonds is 8.